The topological polar surface area (TPSA) is 41.1 Å². The van der Waals surface area contributed by atoms with Gasteiger partial charge in [-0.1, -0.05) is 19.9 Å². The third-order valence-corrected chi connectivity index (χ3v) is 3.86. The van der Waals surface area contributed by atoms with E-state index < -0.39 is 0 Å². The number of thiophene rings is 1. The van der Waals surface area contributed by atoms with Gasteiger partial charge in [-0.05, 0) is 18.4 Å². The van der Waals surface area contributed by atoms with Crippen LogP contribution in [0, 0.1) is 0 Å². The highest BCUT2D eigenvalue weighted by Crippen LogP contribution is 2.15. The van der Waals surface area contributed by atoms with Gasteiger partial charge < -0.3 is 10.2 Å². The van der Waals surface area contributed by atoms with Crippen LogP contribution < -0.4 is 10.2 Å². The Morgan fingerprint density at radius 3 is 2.60 bits per heavy atom. The van der Waals surface area contributed by atoms with Crippen molar-refractivity contribution in [2.45, 2.75) is 39.9 Å². The van der Waals surface area contributed by atoms with Crippen molar-refractivity contribution in [1.29, 1.82) is 0 Å². The zero-order chi connectivity index (χ0) is 14.4. The van der Waals surface area contributed by atoms with Gasteiger partial charge in [0.25, 0.3) is 0 Å². The SMILES string of the molecule is CCN(Cc1cccs1)c1ncc(CNC(C)C)cn1. The highest BCUT2D eigenvalue weighted by Gasteiger charge is 2.09. The van der Waals surface area contributed by atoms with Crippen LogP contribution in [0.1, 0.15) is 31.2 Å². The lowest BCUT2D eigenvalue weighted by Crippen LogP contribution is -2.25. The Labute approximate surface area is 124 Å². The summed E-state index contributed by atoms with van der Waals surface area (Å²) in [6.45, 7) is 8.99. The molecule has 0 aliphatic heterocycles. The Morgan fingerprint density at radius 2 is 2.05 bits per heavy atom. The third kappa shape index (κ3) is 4.28. The summed E-state index contributed by atoms with van der Waals surface area (Å²) in [6.07, 6.45) is 3.82. The molecule has 0 unspecified atom stereocenters. The van der Waals surface area contributed by atoms with Crippen molar-refractivity contribution in [3.8, 4) is 0 Å². The van der Waals surface area contributed by atoms with E-state index in [1.54, 1.807) is 11.3 Å². The number of anilines is 1. The third-order valence-electron chi connectivity index (χ3n) is 3.00. The van der Waals surface area contributed by atoms with Gasteiger partial charge in [-0.25, -0.2) is 9.97 Å². The maximum Gasteiger partial charge on any atom is 0.225 e. The van der Waals surface area contributed by atoms with Crippen molar-refractivity contribution in [2.75, 3.05) is 11.4 Å². The first-order valence-corrected chi connectivity index (χ1v) is 7.88. The van der Waals surface area contributed by atoms with Crippen molar-refractivity contribution in [2.24, 2.45) is 0 Å². The smallest absolute Gasteiger partial charge is 0.225 e. The summed E-state index contributed by atoms with van der Waals surface area (Å²) in [4.78, 5) is 12.5. The minimum atomic E-state index is 0.473. The predicted molar refractivity (Wildman–Crippen MR) is 85.1 cm³/mol. The zero-order valence-electron chi connectivity index (χ0n) is 12.3. The maximum atomic E-state index is 4.49. The number of hydrogen-bond acceptors (Lipinski definition) is 5. The Bertz CT molecular complexity index is 493. The van der Waals surface area contributed by atoms with Crippen LogP contribution in [-0.2, 0) is 13.1 Å². The average Bonchev–Trinajstić information content (AvgIpc) is 2.96. The summed E-state index contributed by atoms with van der Waals surface area (Å²) in [5, 5.41) is 5.47. The average molecular weight is 290 g/mol. The van der Waals surface area contributed by atoms with Gasteiger partial charge >= 0.3 is 0 Å². The van der Waals surface area contributed by atoms with E-state index in [0.29, 0.717) is 6.04 Å². The van der Waals surface area contributed by atoms with Crippen LogP contribution >= 0.6 is 11.3 Å². The molecule has 0 fully saturated rings. The standard InChI is InChI=1S/C15H22N4S/c1-4-19(11-14-6-5-7-20-14)15-17-9-13(10-18-15)8-16-12(2)3/h5-7,9-10,12,16H,4,8,11H2,1-3H3. The van der Waals surface area contributed by atoms with Crippen molar-refractivity contribution in [1.82, 2.24) is 15.3 Å². The molecule has 0 saturated carbocycles. The van der Waals surface area contributed by atoms with Crippen molar-refractivity contribution >= 4 is 17.3 Å². The molecule has 108 valence electrons. The molecule has 0 bridgehead atoms. The molecule has 0 aliphatic rings. The summed E-state index contributed by atoms with van der Waals surface area (Å²) in [6, 6.07) is 4.70. The Balaban J connectivity index is 1.99. The highest BCUT2D eigenvalue weighted by molar-refractivity contribution is 7.09. The van der Waals surface area contributed by atoms with E-state index in [1.165, 1.54) is 4.88 Å². The second kappa shape index (κ2) is 7.36. The van der Waals surface area contributed by atoms with Crippen LogP contribution in [0.4, 0.5) is 5.95 Å². The summed E-state index contributed by atoms with van der Waals surface area (Å²) in [7, 11) is 0. The van der Waals surface area contributed by atoms with Crippen molar-refractivity contribution < 1.29 is 0 Å². The van der Waals surface area contributed by atoms with E-state index in [2.05, 4.69) is 58.5 Å². The molecule has 0 saturated heterocycles. The first-order chi connectivity index (χ1) is 9.69. The molecule has 2 aromatic rings. The predicted octanol–water partition coefficient (Wildman–Crippen LogP) is 3.06. The molecular formula is C15H22N4S. The summed E-state index contributed by atoms with van der Waals surface area (Å²) in [5.41, 5.74) is 1.12. The highest BCUT2D eigenvalue weighted by atomic mass is 32.1. The molecule has 0 atom stereocenters. The maximum absolute atomic E-state index is 4.49. The number of nitrogens with one attached hydrogen (secondary N) is 1. The van der Waals surface area contributed by atoms with E-state index in [-0.39, 0.29) is 0 Å². The Hall–Kier alpha value is -1.46. The van der Waals surface area contributed by atoms with Gasteiger partial charge in [0.05, 0.1) is 6.54 Å². The molecule has 0 radical (unpaired) electrons. The molecule has 4 nitrogen and oxygen atoms in total. The van der Waals surface area contributed by atoms with E-state index in [1.807, 2.05) is 12.4 Å². The van der Waals surface area contributed by atoms with Gasteiger partial charge in [0.1, 0.15) is 0 Å². The number of rotatable bonds is 7. The van der Waals surface area contributed by atoms with Gasteiger partial charge in [0.2, 0.25) is 5.95 Å². The molecule has 20 heavy (non-hydrogen) atoms. The van der Waals surface area contributed by atoms with E-state index in [4.69, 9.17) is 0 Å². The molecule has 5 heteroatoms. The van der Waals surface area contributed by atoms with Gasteiger partial charge in [0, 0.05) is 42.0 Å². The fourth-order valence-corrected chi connectivity index (χ4v) is 2.56. The van der Waals surface area contributed by atoms with Crippen LogP contribution in [0.15, 0.2) is 29.9 Å². The summed E-state index contributed by atoms with van der Waals surface area (Å²) < 4.78 is 0. The largest absolute Gasteiger partial charge is 0.336 e. The van der Waals surface area contributed by atoms with Gasteiger partial charge in [-0.15, -0.1) is 11.3 Å². The fraction of sp³-hybridized carbons (Fsp3) is 0.467. The quantitative estimate of drug-likeness (QED) is 0.851. The van der Waals surface area contributed by atoms with Gasteiger partial charge in [-0.3, -0.25) is 0 Å². The summed E-state index contributed by atoms with van der Waals surface area (Å²) >= 11 is 1.77. The fourth-order valence-electron chi connectivity index (χ4n) is 1.84. The van der Waals surface area contributed by atoms with Crippen molar-refractivity contribution in [3.63, 3.8) is 0 Å². The van der Waals surface area contributed by atoms with Crippen LogP contribution in [0.3, 0.4) is 0 Å². The lowest BCUT2D eigenvalue weighted by Gasteiger charge is -2.20. The van der Waals surface area contributed by atoms with Crippen LogP contribution in [0.5, 0.6) is 0 Å². The minimum absolute atomic E-state index is 0.473. The lowest BCUT2D eigenvalue weighted by atomic mass is 10.3. The second-order valence-corrected chi connectivity index (χ2v) is 6.05. The van der Waals surface area contributed by atoms with Crippen LogP contribution in [0.25, 0.3) is 0 Å². The lowest BCUT2D eigenvalue weighted by molar-refractivity contribution is 0.586. The minimum Gasteiger partial charge on any atom is -0.336 e. The van der Waals surface area contributed by atoms with E-state index in [0.717, 1.165) is 31.1 Å². The Kier molecular flexibility index (Phi) is 5.49. The van der Waals surface area contributed by atoms with E-state index >= 15 is 0 Å². The zero-order valence-corrected chi connectivity index (χ0v) is 13.2. The van der Waals surface area contributed by atoms with Gasteiger partial charge in [-0.2, -0.15) is 0 Å². The first-order valence-electron chi connectivity index (χ1n) is 7.00. The molecule has 1 N–H and O–H groups in total. The molecule has 2 rings (SSSR count). The van der Waals surface area contributed by atoms with Crippen LogP contribution in [-0.4, -0.2) is 22.6 Å². The second-order valence-electron chi connectivity index (χ2n) is 5.02. The molecule has 0 aliphatic carbocycles. The summed E-state index contributed by atoms with van der Waals surface area (Å²) in [5.74, 6) is 0.800. The molecule has 0 spiro atoms. The van der Waals surface area contributed by atoms with E-state index in [9.17, 15) is 0 Å². The molecular weight excluding hydrogens is 268 g/mol. The number of hydrogen-bond donors (Lipinski definition) is 1. The van der Waals surface area contributed by atoms with Crippen molar-refractivity contribution in [3.05, 3.63) is 40.3 Å². The normalized spacial score (nSPS) is 11.0. The number of nitrogens with zero attached hydrogens (tertiary/aromatic N) is 3. The molecule has 0 aromatic carbocycles. The molecule has 0 amide bonds. The molecule has 2 heterocycles. The van der Waals surface area contributed by atoms with Gasteiger partial charge in [0.15, 0.2) is 0 Å². The molecule has 2 aromatic heterocycles. The number of aromatic nitrogens is 2. The first kappa shape index (κ1) is 14.9. The monoisotopic (exact) mass is 290 g/mol. The Morgan fingerprint density at radius 1 is 1.30 bits per heavy atom. The van der Waals surface area contributed by atoms with Crippen LogP contribution in [0.2, 0.25) is 0 Å².